The summed E-state index contributed by atoms with van der Waals surface area (Å²) in [6, 6.07) is 10.4. The highest BCUT2D eigenvalue weighted by molar-refractivity contribution is 9.10. The summed E-state index contributed by atoms with van der Waals surface area (Å²) in [6.07, 6.45) is 3.01. The van der Waals surface area contributed by atoms with Crippen molar-refractivity contribution in [2.45, 2.75) is 37.0 Å². The Kier molecular flexibility index (Phi) is 3.72. The van der Waals surface area contributed by atoms with Crippen LogP contribution in [0.5, 0.6) is 0 Å². The first-order chi connectivity index (χ1) is 9.65. The first kappa shape index (κ1) is 13.9. The summed E-state index contributed by atoms with van der Waals surface area (Å²) in [5.41, 5.74) is 0.452. The van der Waals surface area contributed by atoms with Crippen LogP contribution in [-0.4, -0.2) is 24.5 Å². The van der Waals surface area contributed by atoms with Crippen LogP contribution in [-0.2, 0) is 9.47 Å². The number of hydrogen-bond donors (Lipinski definition) is 1. The summed E-state index contributed by atoms with van der Waals surface area (Å²) < 4.78 is 12.5. The highest BCUT2D eigenvalue weighted by Crippen LogP contribution is 2.41. The van der Waals surface area contributed by atoms with Gasteiger partial charge in [-0.05, 0) is 37.1 Å². The molecule has 0 radical (unpaired) electrons. The van der Waals surface area contributed by atoms with E-state index in [1.54, 1.807) is 0 Å². The molecule has 1 saturated heterocycles. The summed E-state index contributed by atoms with van der Waals surface area (Å²) in [7, 11) is 0. The Balaban J connectivity index is 1.70. The third-order valence-corrected chi connectivity index (χ3v) is 4.65. The van der Waals surface area contributed by atoms with E-state index in [9.17, 15) is 5.26 Å². The molecule has 1 saturated carbocycles. The second-order valence-corrected chi connectivity index (χ2v) is 6.35. The molecule has 0 aromatic heterocycles. The maximum absolute atomic E-state index is 9.59. The van der Waals surface area contributed by atoms with Gasteiger partial charge in [-0.15, -0.1) is 0 Å². The van der Waals surface area contributed by atoms with Crippen LogP contribution in [0.1, 0.15) is 25.7 Å². The van der Waals surface area contributed by atoms with Gasteiger partial charge in [-0.2, -0.15) is 5.26 Å². The minimum absolute atomic E-state index is 0.429. The Bertz CT molecular complexity index is 508. The van der Waals surface area contributed by atoms with Gasteiger partial charge in [0.15, 0.2) is 5.79 Å². The van der Waals surface area contributed by atoms with Crippen molar-refractivity contribution >= 4 is 21.6 Å². The SMILES string of the molecule is N#CC1(Nc2ccc(Br)cc2)CCC2(CC1)OCCO2. The monoisotopic (exact) mass is 336 g/mol. The predicted molar refractivity (Wildman–Crippen MR) is 79.2 cm³/mol. The Morgan fingerprint density at radius 3 is 2.20 bits per heavy atom. The van der Waals surface area contributed by atoms with Gasteiger partial charge in [-0.3, -0.25) is 0 Å². The number of halogens is 1. The van der Waals surface area contributed by atoms with Gasteiger partial charge in [0.05, 0.1) is 19.3 Å². The number of ether oxygens (including phenoxy) is 2. The van der Waals surface area contributed by atoms with E-state index in [4.69, 9.17) is 9.47 Å². The maximum Gasteiger partial charge on any atom is 0.168 e. The smallest absolute Gasteiger partial charge is 0.168 e. The van der Waals surface area contributed by atoms with E-state index in [1.165, 1.54) is 0 Å². The van der Waals surface area contributed by atoms with Crippen molar-refractivity contribution in [3.63, 3.8) is 0 Å². The van der Waals surface area contributed by atoms with E-state index in [1.807, 2.05) is 24.3 Å². The Hall–Kier alpha value is -1.09. The van der Waals surface area contributed by atoms with Gasteiger partial charge in [0.1, 0.15) is 5.54 Å². The van der Waals surface area contributed by atoms with E-state index in [-0.39, 0.29) is 0 Å². The van der Waals surface area contributed by atoms with Crippen LogP contribution in [0.25, 0.3) is 0 Å². The van der Waals surface area contributed by atoms with Crippen LogP contribution in [0.3, 0.4) is 0 Å². The Labute approximate surface area is 127 Å². The number of anilines is 1. The van der Waals surface area contributed by atoms with E-state index < -0.39 is 11.3 Å². The first-order valence-corrected chi connectivity index (χ1v) is 7.68. The number of nitrogens with one attached hydrogen (secondary N) is 1. The second-order valence-electron chi connectivity index (χ2n) is 5.43. The van der Waals surface area contributed by atoms with Crippen molar-refractivity contribution in [2.75, 3.05) is 18.5 Å². The molecule has 0 atom stereocenters. The fourth-order valence-corrected chi connectivity index (χ4v) is 3.18. The average molecular weight is 337 g/mol. The molecule has 2 fully saturated rings. The van der Waals surface area contributed by atoms with Crippen LogP contribution in [0.4, 0.5) is 5.69 Å². The van der Waals surface area contributed by atoms with Crippen LogP contribution >= 0.6 is 15.9 Å². The van der Waals surface area contributed by atoms with Crippen molar-refractivity contribution in [3.8, 4) is 6.07 Å². The topological polar surface area (TPSA) is 54.3 Å². The molecule has 1 heterocycles. The van der Waals surface area contributed by atoms with Gasteiger partial charge < -0.3 is 14.8 Å². The lowest BCUT2D eigenvalue weighted by atomic mass is 9.79. The normalized spacial score (nSPS) is 23.4. The van der Waals surface area contributed by atoms with Crippen LogP contribution in [0.2, 0.25) is 0 Å². The summed E-state index contributed by atoms with van der Waals surface area (Å²) in [4.78, 5) is 0. The molecular weight excluding hydrogens is 320 g/mol. The number of rotatable bonds is 2. The maximum atomic E-state index is 9.59. The number of hydrogen-bond acceptors (Lipinski definition) is 4. The molecule has 2 aliphatic rings. The molecule has 1 aliphatic carbocycles. The summed E-state index contributed by atoms with van der Waals surface area (Å²) >= 11 is 3.42. The van der Waals surface area contributed by atoms with Crippen molar-refractivity contribution < 1.29 is 9.47 Å². The highest BCUT2D eigenvalue weighted by atomic mass is 79.9. The molecule has 4 nitrogen and oxygen atoms in total. The zero-order valence-corrected chi connectivity index (χ0v) is 12.8. The van der Waals surface area contributed by atoms with Gasteiger partial charge in [0.25, 0.3) is 0 Å². The van der Waals surface area contributed by atoms with Crippen LogP contribution < -0.4 is 5.32 Å². The predicted octanol–water partition coefficient (Wildman–Crippen LogP) is 3.44. The minimum atomic E-state index is -0.519. The molecule has 0 unspecified atom stereocenters. The quantitative estimate of drug-likeness (QED) is 0.898. The standard InChI is InChI=1S/C15H17BrN2O2/c16-12-1-3-13(4-2-12)18-14(11-17)5-7-15(8-6-14)19-9-10-20-15/h1-4,18H,5-10H2. The summed E-state index contributed by atoms with van der Waals surface area (Å²) in [5, 5.41) is 13.0. The van der Waals surface area contributed by atoms with Gasteiger partial charge >= 0.3 is 0 Å². The van der Waals surface area contributed by atoms with E-state index in [0.29, 0.717) is 13.2 Å². The summed E-state index contributed by atoms with van der Waals surface area (Å²) in [6.45, 7) is 1.33. The van der Waals surface area contributed by atoms with Gasteiger partial charge in [0.2, 0.25) is 0 Å². The average Bonchev–Trinajstić information content (AvgIpc) is 2.93. The molecule has 106 valence electrons. The molecule has 5 heteroatoms. The van der Waals surface area contributed by atoms with Gasteiger partial charge in [0, 0.05) is 23.0 Å². The van der Waals surface area contributed by atoms with Crippen molar-refractivity contribution in [1.82, 2.24) is 0 Å². The van der Waals surface area contributed by atoms with Crippen LogP contribution in [0.15, 0.2) is 28.7 Å². The Morgan fingerprint density at radius 1 is 1.05 bits per heavy atom. The Morgan fingerprint density at radius 2 is 1.65 bits per heavy atom. The summed E-state index contributed by atoms with van der Waals surface area (Å²) in [5.74, 6) is -0.429. The number of benzene rings is 1. The molecular formula is C15H17BrN2O2. The fraction of sp³-hybridized carbons (Fsp3) is 0.533. The highest BCUT2D eigenvalue weighted by Gasteiger charge is 2.46. The van der Waals surface area contributed by atoms with Crippen LogP contribution in [0, 0.1) is 11.3 Å². The first-order valence-electron chi connectivity index (χ1n) is 6.88. The molecule has 1 N–H and O–H groups in total. The molecule has 1 aromatic rings. The second kappa shape index (κ2) is 5.36. The third kappa shape index (κ3) is 2.69. The molecule has 1 aliphatic heterocycles. The zero-order chi connectivity index (χ0) is 14.1. The van der Waals surface area contributed by atoms with E-state index in [2.05, 4.69) is 27.3 Å². The van der Waals surface area contributed by atoms with Crippen molar-refractivity contribution in [2.24, 2.45) is 0 Å². The molecule has 20 heavy (non-hydrogen) atoms. The minimum Gasteiger partial charge on any atom is -0.367 e. The van der Waals surface area contributed by atoms with E-state index in [0.717, 1.165) is 35.8 Å². The van der Waals surface area contributed by atoms with E-state index >= 15 is 0 Å². The van der Waals surface area contributed by atoms with Crippen molar-refractivity contribution in [3.05, 3.63) is 28.7 Å². The molecule has 1 spiro atoms. The lowest BCUT2D eigenvalue weighted by molar-refractivity contribution is -0.180. The lowest BCUT2D eigenvalue weighted by Gasteiger charge is -2.40. The largest absolute Gasteiger partial charge is 0.367 e. The molecule has 3 rings (SSSR count). The van der Waals surface area contributed by atoms with Gasteiger partial charge in [-0.25, -0.2) is 0 Å². The molecule has 0 bridgehead atoms. The number of nitriles is 1. The zero-order valence-electron chi connectivity index (χ0n) is 11.2. The fourth-order valence-electron chi connectivity index (χ4n) is 2.92. The van der Waals surface area contributed by atoms with Crippen molar-refractivity contribution in [1.29, 1.82) is 5.26 Å². The van der Waals surface area contributed by atoms with Gasteiger partial charge in [-0.1, -0.05) is 15.9 Å². The third-order valence-electron chi connectivity index (χ3n) is 4.12. The molecule has 0 amide bonds. The lowest BCUT2D eigenvalue weighted by Crippen LogP contribution is -2.47. The molecule has 1 aromatic carbocycles. The number of nitrogens with zero attached hydrogens (tertiary/aromatic N) is 1.